The maximum Gasteiger partial charge on any atom is 0.133 e. The second-order valence-electron chi connectivity index (χ2n) is 5.48. The largest absolute Gasteiger partial charge is 0.356 e. The minimum absolute atomic E-state index is 0.0295. The molecule has 0 aliphatic carbocycles. The predicted molar refractivity (Wildman–Crippen MR) is 80.4 cm³/mol. The number of hydrogen-bond donors (Lipinski definition) is 1. The van der Waals surface area contributed by atoms with Gasteiger partial charge in [-0.3, -0.25) is 0 Å². The summed E-state index contributed by atoms with van der Waals surface area (Å²) in [6.07, 6.45) is 4.28. The summed E-state index contributed by atoms with van der Waals surface area (Å²) in [6.45, 7) is 7.79. The molecule has 0 bridgehead atoms. The first kappa shape index (κ1) is 14.3. The summed E-state index contributed by atoms with van der Waals surface area (Å²) in [5.74, 6) is 1.05. The van der Waals surface area contributed by atoms with Crippen molar-refractivity contribution in [1.29, 1.82) is 0 Å². The Morgan fingerprint density at radius 2 is 2.16 bits per heavy atom. The van der Waals surface area contributed by atoms with E-state index >= 15 is 0 Å². The summed E-state index contributed by atoms with van der Waals surface area (Å²) in [7, 11) is 2.15. The van der Waals surface area contributed by atoms with Gasteiger partial charge in [-0.05, 0) is 32.4 Å². The van der Waals surface area contributed by atoms with Crippen molar-refractivity contribution in [2.75, 3.05) is 31.6 Å². The number of nitrogens with two attached hydrogens (primary N) is 1. The Morgan fingerprint density at radius 1 is 1.47 bits per heavy atom. The molecule has 1 aliphatic rings. The number of hydrogen-bond acceptors (Lipinski definition) is 4. The summed E-state index contributed by atoms with van der Waals surface area (Å²) in [6, 6.07) is 4.66. The molecule has 2 N–H and O–H groups in total. The van der Waals surface area contributed by atoms with E-state index in [9.17, 15) is 0 Å². The molecule has 4 nitrogen and oxygen atoms in total. The normalized spacial score (nSPS) is 19.4. The molecule has 2 rings (SSSR count). The maximum atomic E-state index is 6.05. The van der Waals surface area contributed by atoms with E-state index in [2.05, 4.69) is 34.8 Å². The minimum atomic E-state index is 0.0295. The van der Waals surface area contributed by atoms with Gasteiger partial charge in [0, 0.05) is 44.0 Å². The monoisotopic (exact) mass is 262 g/mol. The van der Waals surface area contributed by atoms with Crippen LogP contribution in [0.4, 0.5) is 5.82 Å². The molecule has 0 radical (unpaired) electrons. The molecular weight excluding hydrogens is 236 g/mol. The van der Waals surface area contributed by atoms with Gasteiger partial charge in [-0.15, -0.1) is 0 Å². The van der Waals surface area contributed by atoms with Gasteiger partial charge >= 0.3 is 0 Å². The highest BCUT2D eigenvalue weighted by atomic mass is 15.2. The van der Waals surface area contributed by atoms with E-state index in [4.69, 9.17) is 5.73 Å². The molecule has 1 aromatic heterocycles. The third-order valence-electron chi connectivity index (χ3n) is 4.19. The highest BCUT2D eigenvalue weighted by Crippen LogP contribution is 2.26. The fraction of sp³-hybridized carbons (Fsp3) is 0.667. The Balaban J connectivity index is 2.10. The molecule has 2 heterocycles. The van der Waals surface area contributed by atoms with Gasteiger partial charge in [-0.2, -0.15) is 0 Å². The van der Waals surface area contributed by atoms with Gasteiger partial charge in [-0.25, -0.2) is 4.98 Å². The molecule has 0 aromatic carbocycles. The van der Waals surface area contributed by atoms with E-state index in [-0.39, 0.29) is 6.04 Å². The van der Waals surface area contributed by atoms with Crippen LogP contribution in [0, 0.1) is 0 Å². The standard InChI is InChI=1S/C15H26N4/c1-4-19-10-7-13(8-11-19)18(3)15-14(12(2)16)6-5-9-17-15/h5-6,9,12-13H,4,7-8,10-11,16H2,1-3H3. The minimum Gasteiger partial charge on any atom is -0.356 e. The fourth-order valence-corrected chi connectivity index (χ4v) is 2.86. The number of likely N-dealkylation sites (tertiary alicyclic amines) is 1. The highest BCUT2D eigenvalue weighted by molar-refractivity contribution is 5.48. The number of rotatable bonds is 4. The Labute approximate surface area is 116 Å². The lowest BCUT2D eigenvalue weighted by Crippen LogP contribution is -2.44. The van der Waals surface area contributed by atoms with Crippen molar-refractivity contribution in [3.05, 3.63) is 23.9 Å². The van der Waals surface area contributed by atoms with E-state index < -0.39 is 0 Å². The fourth-order valence-electron chi connectivity index (χ4n) is 2.86. The zero-order valence-electron chi connectivity index (χ0n) is 12.3. The average molecular weight is 262 g/mol. The summed E-state index contributed by atoms with van der Waals surface area (Å²) < 4.78 is 0. The van der Waals surface area contributed by atoms with Gasteiger partial charge in [0.15, 0.2) is 0 Å². The van der Waals surface area contributed by atoms with Crippen LogP contribution in [-0.2, 0) is 0 Å². The second kappa shape index (κ2) is 6.35. The van der Waals surface area contributed by atoms with E-state index in [1.54, 1.807) is 0 Å². The molecular formula is C15H26N4. The van der Waals surface area contributed by atoms with Crippen LogP contribution in [0.3, 0.4) is 0 Å². The summed E-state index contributed by atoms with van der Waals surface area (Å²) in [5.41, 5.74) is 7.19. The molecule has 1 unspecified atom stereocenters. The maximum absolute atomic E-state index is 6.05. The summed E-state index contributed by atoms with van der Waals surface area (Å²) in [4.78, 5) is 9.38. The molecule has 1 fully saturated rings. The third-order valence-corrected chi connectivity index (χ3v) is 4.19. The summed E-state index contributed by atoms with van der Waals surface area (Å²) in [5, 5.41) is 0. The van der Waals surface area contributed by atoms with Gasteiger partial charge in [-0.1, -0.05) is 13.0 Å². The van der Waals surface area contributed by atoms with Crippen LogP contribution in [0.2, 0.25) is 0 Å². The van der Waals surface area contributed by atoms with E-state index in [0.29, 0.717) is 6.04 Å². The predicted octanol–water partition coefficient (Wildman–Crippen LogP) is 2.02. The van der Waals surface area contributed by atoms with Crippen molar-refractivity contribution in [3.8, 4) is 0 Å². The first-order valence-corrected chi connectivity index (χ1v) is 7.29. The molecule has 1 saturated heterocycles. The second-order valence-corrected chi connectivity index (χ2v) is 5.48. The van der Waals surface area contributed by atoms with Gasteiger partial charge < -0.3 is 15.5 Å². The van der Waals surface area contributed by atoms with Crippen molar-refractivity contribution in [2.45, 2.75) is 38.8 Å². The van der Waals surface area contributed by atoms with Crippen LogP contribution in [0.5, 0.6) is 0 Å². The first-order chi connectivity index (χ1) is 9.13. The van der Waals surface area contributed by atoms with Crippen molar-refractivity contribution in [3.63, 3.8) is 0 Å². The van der Waals surface area contributed by atoms with Crippen molar-refractivity contribution >= 4 is 5.82 Å². The molecule has 19 heavy (non-hydrogen) atoms. The number of piperidine rings is 1. The molecule has 1 aromatic rings. The quantitative estimate of drug-likeness (QED) is 0.902. The number of anilines is 1. The average Bonchev–Trinajstić information content (AvgIpc) is 2.46. The Hall–Kier alpha value is -1.13. The van der Waals surface area contributed by atoms with Crippen LogP contribution < -0.4 is 10.6 Å². The Morgan fingerprint density at radius 3 is 2.74 bits per heavy atom. The lowest BCUT2D eigenvalue weighted by molar-refractivity contribution is 0.220. The van der Waals surface area contributed by atoms with Gasteiger partial charge in [0.2, 0.25) is 0 Å². The molecule has 0 saturated carbocycles. The third kappa shape index (κ3) is 3.25. The van der Waals surface area contributed by atoms with Crippen LogP contribution in [-0.4, -0.2) is 42.6 Å². The highest BCUT2D eigenvalue weighted by Gasteiger charge is 2.24. The lowest BCUT2D eigenvalue weighted by Gasteiger charge is -2.37. The smallest absolute Gasteiger partial charge is 0.133 e. The van der Waals surface area contributed by atoms with Crippen molar-refractivity contribution in [2.24, 2.45) is 5.73 Å². The molecule has 4 heteroatoms. The van der Waals surface area contributed by atoms with E-state index in [1.807, 2.05) is 19.2 Å². The van der Waals surface area contributed by atoms with E-state index in [0.717, 1.165) is 17.9 Å². The van der Waals surface area contributed by atoms with Gasteiger partial charge in [0.1, 0.15) is 5.82 Å². The molecule has 0 spiro atoms. The SMILES string of the molecule is CCN1CCC(N(C)c2ncccc2C(C)N)CC1. The van der Waals surface area contributed by atoms with Crippen molar-refractivity contribution < 1.29 is 0 Å². The molecule has 1 aliphatic heterocycles. The van der Waals surface area contributed by atoms with Crippen LogP contribution in [0.25, 0.3) is 0 Å². The topological polar surface area (TPSA) is 45.4 Å². The molecule has 0 amide bonds. The zero-order valence-corrected chi connectivity index (χ0v) is 12.3. The number of nitrogens with zero attached hydrogens (tertiary/aromatic N) is 3. The van der Waals surface area contributed by atoms with Crippen LogP contribution in [0.1, 0.15) is 38.3 Å². The first-order valence-electron chi connectivity index (χ1n) is 7.29. The van der Waals surface area contributed by atoms with Gasteiger partial charge in [0.05, 0.1) is 0 Å². The Bertz CT molecular complexity index is 397. The molecule has 1 atom stereocenters. The lowest BCUT2D eigenvalue weighted by atomic mass is 10.0. The van der Waals surface area contributed by atoms with Crippen LogP contribution in [0.15, 0.2) is 18.3 Å². The Kier molecular flexibility index (Phi) is 4.77. The van der Waals surface area contributed by atoms with E-state index in [1.165, 1.54) is 25.9 Å². The van der Waals surface area contributed by atoms with Crippen LogP contribution >= 0.6 is 0 Å². The summed E-state index contributed by atoms with van der Waals surface area (Å²) >= 11 is 0. The molecule has 106 valence electrons. The zero-order chi connectivity index (χ0) is 13.8. The van der Waals surface area contributed by atoms with Crippen molar-refractivity contribution in [1.82, 2.24) is 9.88 Å². The van der Waals surface area contributed by atoms with Gasteiger partial charge in [0.25, 0.3) is 0 Å². The number of aromatic nitrogens is 1. The number of pyridine rings is 1.